The fourth-order valence-electron chi connectivity index (χ4n) is 3.66. The molecule has 0 spiro atoms. The Kier molecular flexibility index (Phi) is 4.28. The first kappa shape index (κ1) is 17.5. The molecule has 0 unspecified atom stereocenters. The molecular formula is C24H21N3O2. The normalized spacial score (nSPS) is 11.4. The average molecular weight is 383 g/mol. The Morgan fingerprint density at radius 3 is 2.34 bits per heavy atom. The molecular weight excluding hydrogens is 362 g/mol. The van der Waals surface area contributed by atoms with Crippen molar-refractivity contribution in [2.75, 3.05) is 13.7 Å². The standard InChI is InChI=1S/C24H21N3O2/c1-16-7-9-17(10-8-16)29-14-13-27-22-12-11-18(28-2)15-19(22)23-24(27)26-21-6-4-3-5-20(21)25-23/h3-12,15H,13-14H2,1-2H3. The number of ether oxygens (including phenoxy) is 2. The molecule has 5 nitrogen and oxygen atoms in total. The Labute approximate surface area is 168 Å². The lowest BCUT2D eigenvalue weighted by atomic mass is 10.2. The Balaban J connectivity index is 1.59. The third kappa shape index (κ3) is 3.14. The molecule has 3 aromatic carbocycles. The monoisotopic (exact) mass is 383 g/mol. The SMILES string of the molecule is COc1ccc2c(c1)c1nc3ccccc3nc1n2CCOc1ccc(C)cc1. The van der Waals surface area contributed by atoms with Crippen LogP contribution in [0.5, 0.6) is 11.5 Å². The molecule has 0 atom stereocenters. The molecule has 0 aliphatic heterocycles. The van der Waals surface area contributed by atoms with E-state index < -0.39 is 0 Å². The Hall–Kier alpha value is -3.60. The van der Waals surface area contributed by atoms with Crippen LogP contribution in [0.2, 0.25) is 0 Å². The first-order chi connectivity index (χ1) is 14.2. The predicted molar refractivity (Wildman–Crippen MR) is 116 cm³/mol. The molecule has 0 radical (unpaired) electrons. The summed E-state index contributed by atoms with van der Waals surface area (Å²) in [4.78, 5) is 9.81. The van der Waals surface area contributed by atoms with Crippen molar-refractivity contribution in [1.82, 2.24) is 14.5 Å². The zero-order chi connectivity index (χ0) is 19.8. The summed E-state index contributed by atoms with van der Waals surface area (Å²) in [6.07, 6.45) is 0. The van der Waals surface area contributed by atoms with E-state index in [2.05, 4.69) is 29.7 Å². The zero-order valence-electron chi connectivity index (χ0n) is 16.4. The number of hydrogen-bond donors (Lipinski definition) is 0. The van der Waals surface area contributed by atoms with Crippen molar-refractivity contribution < 1.29 is 9.47 Å². The molecule has 0 aliphatic rings. The number of benzene rings is 3. The lowest BCUT2D eigenvalue weighted by Crippen LogP contribution is -2.08. The van der Waals surface area contributed by atoms with Crippen LogP contribution < -0.4 is 9.47 Å². The number of aryl methyl sites for hydroxylation is 1. The minimum atomic E-state index is 0.544. The van der Waals surface area contributed by atoms with Gasteiger partial charge in [0, 0.05) is 5.39 Å². The van der Waals surface area contributed by atoms with E-state index in [1.165, 1.54) is 5.56 Å². The average Bonchev–Trinajstić information content (AvgIpc) is 3.05. The second kappa shape index (κ2) is 7.09. The lowest BCUT2D eigenvalue weighted by molar-refractivity contribution is 0.302. The highest BCUT2D eigenvalue weighted by Crippen LogP contribution is 2.31. The first-order valence-corrected chi connectivity index (χ1v) is 9.65. The van der Waals surface area contributed by atoms with E-state index in [9.17, 15) is 0 Å². The van der Waals surface area contributed by atoms with Crippen LogP contribution >= 0.6 is 0 Å². The quantitative estimate of drug-likeness (QED) is 0.422. The van der Waals surface area contributed by atoms with E-state index in [-0.39, 0.29) is 0 Å². The van der Waals surface area contributed by atoms with Crippen LogP contribution in [0.4, 0.5) is 0 Å². The van der Waals surface area contributed by atoms with Crippen LogP contribution in [0.3, 0.4) is 0 Å². The number of aromatic nitrogens is 3. The molecule has 2 heterocycles. The molecule has 29 heavy (non-hydrogen) atoms. The fraction of sp³-hybridized carbons (Fsp3) is 0.167. The van der Waals surface area contributed by atoms with Gasteiger partial charge in [-0.15, -0.1) is 0 Å². The summed E-state index contributed by atoms with van der Waals surface area (Å²) in [7, 11) is 1.68. The van der Waals surface area contributed by atoms with Crippen molar-refractivity contribution in [3.05, 3.63) is 72.3 Å². The van der Waals surface area contributed by atoms with Crippen molar-refractivity contribution in [2.24, 2.45) is 0 Å². The van der Waals surface area contributed by atoms with Crippen LogP contribution in [0.1, 0.15) is 5.56 Å². The summed E-state index contributed by atoms with van der Waals surface area (Å²) in [5, 5.41) is 1.04. The molecule has 0 fully saturated rings. The Morgan fingerprint density at radius 2 is 1.59 bits per heavy atom. The molecule has 0 aliphatic carbocycles. The van der Waals surface area contributed by atoms with Gasteiger partial charge in [0.05, 0.1) is 30.2 Å². The number of methoxy groups -OCH3 is 1. The van der Waals surface area contributed by atoms with Gasteiger partial charge in [0.1, 0.15) is 23.6 Å². The van der Waals surface area contributed by atoms with Crippen molar-refractivity contribution >= 4 is 33.1 Å². The van der Waals surface area contributed by atoms with Crippen molar-refractivity contribution in [3.63, 3.8) is 0 Å². The molecule has 5 aromatic rings. The molecule has 0 saturated carbocycles. The minimum absolute atomic E-state index is 0.544. The molecule has 5 rings (SSSR count). The number of fused-ring (bicyclic) bond motifs is 4. The number of nitrogens with zero attached hydrogens (tertiary/aromatic N) is 3. The van der Waals surface area contributed by atoms with E-state index in [0.717, 1.165) is 44.6 Å². The van der Waals surface area contributed by atoms with E-state index in [1.54, 1.807) is 7.11 Å². The topological polar surface area (TPSA) is 49.2 Å². The summed E-state index contributed by atoms with van der Waals surface area (Å²) < 4.78 is 13.6. The fourth-order valence-corrected chi connectivity index (χ4v) is 3.66. The van der Waals surface area contributed by atoms with Gasteiger partial charge in [-0.2, -0.15) is 0 Å². The summed E-state index contributed by atoms with van der Waals surface area (Å²) >= 11 is 0. The first-order valence-electron chi connectivity index (χ1n) is 9.65. The van der Waals surface area contributed by atoms with Crippen molar-refractivity contribution in [1.29, 1.82) is 0 Å². The molecule has 0 N–H and O–H groups in total. The third-order valence-corrected chi connectivity index (χ3v) is 5.16. The molecule has 0 saturated heterocycles. The summed E-state index contributed by atoms with van der Waals surface area (Å²) in [6, 6.07) is 22.1. The van der Waals surface area contributed by atoms with Crippen molar-refractivity contribution in [2.45, 2.75) is 13.5 Å². The molecule has 5 heteroatoms. The Morgan fingerprint density at radius 1 is 0.862 bits per heavy atom. The second-order valence-corrected chi connectivity index (χ2v) is 7.08. The Bertz CT molecular complexity index is 1320. The molecule has 2 aromatic heterocycles. The smallest absolute Gasteiger partial charge is 0.160 e. The summed E-state index contributed by atoms with van der Waals surface area (Å²) in [5.41, 5.74) is 5.81. The minimum Gasteiger partial charge on any atom is -0.497 e. The second-order valence-electron chi connectivity index (χ2n) is 7.08. The van der Waals surface area contributed by atoms with E-state index in [1.807, 2.05) is 48.5 Å². The highest BCUT2D eigenvalue weighted by atomic mass is 16.5. The van der Waals surface area contributed by atoms with Gasteiger partial charge in [0.15, 0.2) is 5.65 Å². The zero-order valence-corrected chi connectivity index (χ0v) is 16.4. The van der Waals surface area contributed by atoms with Crippen LogP contribution in [0.25, 0.3) is 33.1 Å². The highest BCUT2D eigenvalue weighted by molar-refractivity contribution is 6.06. The van der Waals surface area contributed by atoms with Gasteiger partial charge in [-0.25, -0.2) is 9.97 Å². The van der Waals surface area contributed by atoms with E-state index >= 15 is 0 Å². The largest absolute Gasteiger partial charge is 0.497 e. The number of rotatable bonds is 5. The number of para-hydroxylation sites is 2. The summed E-state index contributed by atoms with van der Waals surface area (Å²) in [5.74, 6) is 1.68. The molecule has 0 amide bonds. The van der Waals surface area contributed by atoms with Gasteiger partial charge in [-0.1, -0.05) is 29.8 Å². The van der Waals surface area contributed by atoms with Crippen LogP contribution in [0, 0.1) is 6.92 Å². The van der Waals surface area contributed by atoms with Gasteiger partial charge in [-0.05, 0) is 49.4 Å². The maximum atomic E-state index is 5.97. The predicted octanol–water partition coefficient (Wildman–Crippen LogP) is 5.13. The van der Waals surface area contributed by atoms with Gasteiger partial charge >= 0.3 is 0 Å². The molecule has 144 valence electrons. The molecule has 0 bridgehead atoms. The van der Waals surface area contributed by atoms with Gasteiger partial charge < -0.3 is 14.0 Å². The van der Waals surface area contributed by atoms with Crippen LogP contribution in [-0.4, -0.2) is 28.3 Å². The lowest BCUT2D eigenvalue weighted by Gasteiger charge is -2.10. The van der Waals surface area contributed by atoms with E-state index in [0.29, 0.717) is 13.2 Å². The van der Waals surface area contributed by atoms with Crippen LogP contribution in [0.15, 0.2) is 66.7 Å². The van der Waals surface area contributed by atoms with Gasteiger partial charge in [0.25, 0.3) is 0 Å². The van der Waals surface area contributed by atoms with Gasteiger partial charge in [-0.3, -0.25) is 0 Å². The maximum absolute atomic E-state index is 5.97. The third-order valence-electron chi connectivity index (χ3n) is 5.16. The van der Waals surface area contributed by atoms with Gasteiger partial charge in [0.2, 0.25) is 0 Å². The number of hydrogen-bond acceptors (Lipinski definition) is 4. The highest BCUT2D eigenvalue weighted by Gasteiger charge is 2.15. The summed E-state index contributed by atoms with van der Waals surface area (Å²) in [6.45, 7) is 3.29. The van der Waals surface area contributed by atoms with Crippen LogP contribution in [-0.2, 0) is 6.54 Å². The van der Waals surface area contributed by atoms with E-state index in [4.69, 9.17) is 19.4 Å². The maximum Gasteiger partial charge on any atom is 0.160 e. The van der Waals surface area contributed by atoms with Crippen molar-refractivity contribution in [3.8, 4) is 11.5 Å².